The van der Waals surface area contributed by atoms with Crippen molar-refractivity contribution in [3.05, 3.63) is 102 Å². The number of carbonyl (C=O) groups excluding carboxylic acids is 2. The normalized spacial score (nSPS) is 20.8. The van der Waals surface area contributed by atoms with Gasteiger partial charge in [-0.25, -0.2) is 14.4 Å². The predicted octanol–water partition coefficient (Wildman–Crippen LogP) is 2.76. The number of hydrogen-bond donors (Lipinski definition) is 1. The van der Waals surface area contributed by atoms with Gasteiger partial charge < -0.3 is 14.2 Å². The lowest BCUT2D eigenvalue weighted by Gasteiger charge is -2.24. The van der Waals surface area contributed by atoms with Crippen LogP contribution in [0.1, 0.15) is 26.9 Å². The Labute approximate surface area is 209 Å². The second-order valence-electron chi connectivity index (χ2n) is 7.50. The summed E-state index contributed by atoms with van der Waals surface area (Å²) in [7, 11) is 0. The SMILES string of the molecule is O=C(OC[C@H]1O[C@@H](n2cc(I)c(=O)[nH]c2=O)C(F)(F)[C@@H]1OC(=O)c1ccccc1)c1ccccc1. The molecular weight excluding hydrogens is 581 g/mol. The summed E-state index contributed by atoms with van der Waals surface area (Å²) in [5.74, 6) is -5.79. The number of nitrogens with zero attached hydrogens (tertiary/aromatic N) is 1. The van der Waals surface area contributed by atoms with Crippen LogP contribution in [0.4, 0.5) is 8.78 Å². The molecule has 12 heteroatoms. The van der Waals surface area contributed by atoms with Crippen molar-refractivity contribution in [3.63, 3.8) is 0 Å². The number of rotatable bonds is 6. The highest BCUT2D eigenvalue weighted by Crippen LogP contribution is 2.44. The van der Waals surface area contributed by atoms with Crippen molar-refractivity contribution in [2.75, 3.05) is 6.61 Å². The number of aromatic amines is 1. The minimum atomic E-state index is -3.93. The first-order valence-electron chi connectivity index (χ1n) is 10.2. The third kappa shape index (κ3) is 5.17. The van der Waals surface area contributed by atoms with Gasteiger partial charge in [0.25, 0.3) is 5.56 Å². The molecule has 4 rings (SSSR count). The molecule has 1 aromatic heterocycles. The molecule has 1 aliphatic rings. The van der Waals surface area contributed by atoms with Gasteiger partial charge in [0.15, 0.2) is 6.10 Å². The number of ether oxygens (including phenoxy) is 3. The maximum atomic E-state index is 15.5. The molecule has 35 heavy (non-hydrogen) atoms. The molecule has 2 heterocycles. The second kappa shape index (κ2) is 10.1. The van der Waals surface area contributed by atoms with E-state index in [-0.39, 0.29) is 14.7 Å². The van der Waals surface area contributed by atoms with Crippen LogP contribution in [-0.4, -0.2) is 46.2 Å². The molecule has 1 fully saturated rings. The summed E-state index contributed by atoms with van der Waals surface area (Å²) in [4.78, 5) is 50.8. The third-order valence-electron chi connectivity index (χ3n) is 5.16. The molecule has 3 aromatic rings. The van der Waals surface area contributed by atoms with Crippen LogP contribution in [0.25, 0.3) is 0 Å². The van der Waals surface area contributed by atoms with E-state index >= 15 is 8.78 Å². The number of nitrogens with one attached hydrogen (secondary N) is 1. The molecule has 0 spiro atoms. The highest BCUT2D eigenvalue weighted by molar-refractivity contribution is 14.1. The Morgan fingerprint density at radius 1 is 1.00 bits per heavy atom. The van der Waals surface area contributed by atoms with Gasteiger partial charge in [-0.05, 0) is 46.9 Å². The van der Waals surface area contributed by atoms with Crippen molar-refractivity contribution in [1.29, 1.82) is 0 Å². The zero-order valence-corrected chi connectivity index (χ0v) is 19.9. The molecule has 0 amide bonds. The molecule has 0 bridgehead atoms. The molecule has 0 unspecified atom stereocenters. The van der Waals surface area contributed by atoms with E-state index in [4.69, 9.17) is 14.2 Å². The van der Waals surface area contributed by atoms with Crippen molar-refractivity contribution in [3.8, 4) is 0 Å². The van der Waals surface area contributed by atoms with Gasteiger partial charge in [0, 0.05) is 6.20 Å². The van der Waals surface area contributed by atoms with Crippen LogP contribution in [0.2, 0.25) is 0 Å². The molecule has 1 N–H and O–H groups in total. The van der Waals surface area contributed by atoms with Gasteiger partial charge in [0.05, 0.1) is 14.7 Å². The largest absolute Gasteiger partial charge is 0.459 e. The Kier molecular flexibility index (Phi) is 7.12. The van der Waals surface area contributed by atoms with Gasteiger partial charge in [-0.1, -0.05) is 36.4 Å². The van der Waals surface area contributed by atoms with Gasteiger partial charge in [-0.2, -0.15) is 8.78 Å². The van der Waals surface area contributed by atoms with Crippen molar-refractivity contribution < 1.29 is 32.6 Å². The zero-order valence-electron chi connectivity index (χ0n) is 17.7. The standard InChI is InChI=1S/C23H17F2IN2O7/c24-23(25)17(35-20(31)14-9-5-2-6-10-14)16(12-33-19(30)13-7-3-1-4-8-13)34-21(23)28-11-15(26)18(29)27-22(28)32/h1-11,16-17,21H,12H2,(H,27,29,32)/t16-,17-,21-/m1/s1. The summed E-state index contributed by atoms with van der Waals surface area (Å²) in [6.45, 7) is -0.693. The van der Waals surface area contributed by atoms with Crippen LogP contribution in [0.15, 0.2) is 76.4 Å². The number of benzene rings is 2. The number of hydrogen-bond acceptors (Lipinski definition) is 7. The van der Waals surface area contributed by atoms with Crippen LogP contribution in [0, 0.1) is 3.57 Å². The average Bonchev–Trinajstić information content (AvgIpc) is 3.10. The molecular formula is C23H17F2IN2O7. The first kappa shape index (κ1) is 24.7. The van der Waals surface area contributed by atoms with E-state index in [1.54, 1.807) is 46.9 Å². The number of esters is 2. The lowest BCUT2D eigenvalue weighted by molar-refractivity contribution is -0.142. The number of halogens is 3. The minimum absolute atomic E-state index is 0.0162. The van der Waals surface area contributed by atoms with Crippen LogP contribution in [-0.2, 0) is 14.2 Å². The number of alkyl halides is 2. The van der Waals surface area contributed by atoms with Gasteiger partial charge in [0.2, 0.25) is 6.23 Å². The molecule has 0 saturated carbocycles. The Balaban J connectivity index is 1.64. The summed E-state index contributed by atoms with van der Waals surface area (Å²) in [5.41, 5.74) is -1.70. The van der Waals surface area contributed by atoms with Crippen molar-refractivity contribution >= 4 is 34.5 Å². The van der Waals surface area contributed by atoms with Gasteiger partial charge >= 0.3 is 23.6 Å². The minimum Gasteiger partial charge on any atom is -0.459 e. The van der Waals surface area contributed by atoms with Crippen molar-refractivity contribution in [1.82, 2.24) is 9.55 Å². The fourth-order valence-corrected chi connectivity index (χ4v) is 3.89. The first-order valence-corrected chi connectivity index (χ1v) is 11.3. The second-order valence-corrected chi connectivity index (χ2v) is 8.66. The summed E-state index contributed by atoms with van der Waals surface area (Å²) >= 11 is 1.58. The van der Waals surface area contributed by atoms with Crippen LogP contribution < -0.4 is 11.2 Å². The maximum Gasteiger partial charge on any atom is 0.338 e. The lowest BCUT2D eigenvalue weighted by atomic mass is 10.1. The fourth-order valence-electron chi connectivity index (χ4n) is 3.46. The lowest BCUT2D eigenvalue weighted by Crippen LogP contribution is -2.45. The number of H-pyrrole nitrogens is 1. The Bertz CT molecular complexity index is 1350. The molecule has 9 nitrogen and oxygen atoms in total. The fraction of sp³-hybridized carbons (Fsp3) is 0.217. The Morgan fingerprint density at radius 2 is 1.57 bits per heavy atom. The molecule has 182 valence electrons. The van der Waals surface area contributed by atoms with Crippen LogP contribution >= 0.6 is 22.6 Å². The molecule has 0 aliphatic carbocycles. The zero-order chi connectivity index (χ0) is 25.2. The molecule has 1 aliphatic heterocycles. The predicted molar refractivity (Wildman–Crippen MR) is 125 cm³/mol. The smallest absolute Gasteiger partial charge is 0.338 e. The van der Waals surface area contributed by atoms with Crippen LogP contribution in [0.3, 0.4) is 0 Å². The van der Waals surface area contributed by atoms with Gasteiger partial charge in [-0.15, -0.1) is 0 Å². The van der Waals surface area contributed by atoms with E-state index in [1.165, 1.54) is 36.4 Å². The first-order chi connectivity index (χ1) is 16.7. The number of aromatic nitrogens is 2. The van der Waals surface area contributed by atoms with E-state index in [2.05, 4.69) is 0 Å². The average molecular weight is 598 g/mol. The monoisotopic (exact) mass is 598 g/mol. The molecule has 0 radical (unpaired) electrons. The Morgan fingerprint density at radius 3 is 2.17 bits per heavy atom. The van der Waals surface area contributed by atoms with Crippen molar-refractivity contribution in [2.24, 2.45) is 0 Å². The Hall–Kier alpha value is -3.39. The molecule has 1 saturated heterocycles. The maximum absolute atomic E-state index is 15.5. The van der Waals surface area contributed by atoms with E-state index in [1.807, 2.05) is 4.98 Å². The summed E-state index contributed by atoms with van der Waals surface area (Å²) in [6.07, 6.45) is -5.16. The molecule has 2 aromatic carbocycles. The van der Waals surface area contributed by atoms with E-state index in [0.717, 1.165) is 6.20 Å². The summed E-state index contributed by atoms with van der Waals surface area (Å²) in [6, 6.07) is 15.3. The van der Waals surface area contributed by atoms with E-state index < -0.39 is 54.2 Å². The van der Waals surface area contributed by atoms with E-state index in [9.17, 15) is 19.2 Å². The topological polar surface area (TPSA) is 117 Å². The highest BCUT2D eigenvalue weighted by Gasteiger charge is 2.63. The van der Waals surface area contributed by atoms with Crippen molar-refractivity contribution in [2.45, 2.75) is 24.4 Å². The highest BCUT2D eigenvalue weighted by atomic mass is 127. The molecule has 3 atom stereocenters. The quantitative estimate of drug-likeness (QED) is 0.343. The summed E-state index contributed by atoms with van der Waals surface area (Å²) < 4.78 is 47.2. The van der Waals surface area contributed by atoms with Gasteiger partial charge in [-0.3, -0.25) is 14.3 Å². The summed E-state index contributed by atoms with van der Waals surface area (Å²) in [5, 5.41) is 0. The van der Waals surface area contributed by atoms with Crippen LogP contribution in [0.5, 0.6) is 0 Å². The van der Waals surface area contributed by atoms with E-state index in [0.29, 0.717) is 4.57 Å². The third-order valence-corrected chi connectivity index (χ3v) is 5.93. The number of carbonyl (C=O) groups is 2. The van der Waals surface area contributed by atoms with Gasteiger partial charge in [0.1, 0.15) is 12.7 Å².